The summed E-state index contributed by atoms with van der Waals surface area (Å²) in [4.78, 5) is 2.51. The zero-order valence-corrected chi connectivity index (χ0v) is 11.0. The van der Waals surface area contributed by atoms with E-state index in [0.29, 0.717) is 0 Å². The molecule has 1 unspecified atom stereocenters. The van der Waals surface area contributed by atoms with Crippen LogP contribution in [0.15, 0.2) is 24.3 Å². The summed E-state index contributed by atoms with van der Waals surface area (Å²) in [7, 11) is 0. The molecule has 0 radical (unpaired) electrons. The van der Waals surface area contributed by atoms with Crippen molar-refractivity contribution in [3.8, 4) is 0 Å². The van der Waals surface area contributed by atoms with Gasteiger partial charge in [0.1, 0.15) is 0 Å². The van der Waals surface area contributed by atoms with E-state index in [1.54, 1.807) is 0 Å². The van der Waals surface area contributed by atoms with Crippen LogP contribution in [0.5, 0.6) is 0 Å². The van der Waals surface area contributed by atoms with Gasteiger partial charge in [-0.3, -0.25) is 0 Å². The molecule has 17 heavy (non-hydrogen) atoms. The van der Waals surface area contributed by atoms with E-state index in [9.17, 15) is 0 Å². The Morgan fingerprint density at radius 1 is 1.18 bits per heavy atom. The maximum Gasteiger partial charge on any atom is 0.0366 e. The lowest BCUT2D eigenvalue weighted by Crippen LogP contribution is -2.24. The monoisotopic (exact) mass is 232 g/mol. The molecule has 1 fully saturated rings. The summed E-state index contributed by atoms with van der Waals surface area (Å²) in [5.74, 6) is 0.878. The predicted octanol–water partition coefficient (Wildman–Crippen LogP) is 3.33. The van der Waals surface area contributed by atoms with Crippen molar-refractivity contribution in [2.45, 2.75) is 39.2 Å². The van der Waals surface area contributed by atoms with Crippen LogP contribution in [0.25, 0.3) is 0 Å². The van der Waals surface area contributed by atoms with Gasteiger partial charge in [0.05, 0.1) is 0 Å². The molecule has 2 N–H and O–H groups in total. The first-order chi connectivity index (χ1) is 8.16. The summed E-state index contributed by atoms with van der Waals surface area (Å²) in [6.07, 6.45) is 4.00. The average molecular weight is 232 g/mol. The number of nitrogens with zero attached hydrogens (tertiary/aromatic N) is 1. The quantitative estimate of drug-likeness (QED) is 0.847. The maximum atomic E-state index is 5.87. The fraction of sp³-hybridized carbons (Fsp3) is 0.600. The first kappa shape index (κ1) is 12.4. The summed E-state index contributed by atoms with van der Waals surface area (Å²) in [6.45, 7) is 6.78. The Hall–Kier alpha value is -1.02. The van der Waals surface area contributed by atoms with Gasteiger partial charge in [-0.2, -0.15) is 0 Å². The lowest BCUT2D eigenvalue weighted by molar-refractivity contribution is 0.521. The second kappa shape index (κ2) is 5.54. The standard InChI is InChI=1S/C15H24N2/c1-12-4-3-10-17(11-9-12)15-7-5-14(6-8-15)13(2)16/h5-8,12-13H,3-4,9-11,16H2,1-2H3/t12?,13-/m1/s1. The fourth-order valence-corrected chi connectivity index (χ4v) is 2.51. The van der Waals surface area contributed by atoms with Crippen molar-refractivity contribution in [3.63, 3.8) is 0 Å². The molecule has 2 heteroatoms. The zero-order chi connectivity index (χ0) is 12.3. The highest BCUT2D eigenvalue weighted by molar-refractivity contribution is 5.48. The molecule has 0 spiro atoms. The number of rotatable bonds is 2. The number of benzene rings is 1. The molecule has 2 nitrogen and oxygen atoms in total. The molecule has 0 aromatic heterocycles. The van der Waals surface area contributed by atoms with Crippen molar-refractivity contribution in [3.05, 3.63) is 29.8 Å². The normalized spacial score (nSPS) is 23.2. The van der Waals surface area contributed by atoms with E-state index in [4.69, 9.17) is 5.73 Å². The van der Waals surface area contributed by atoms with Crippen molar-refractivity contribution >= 4 is 5.69 Å². The van der Waals surface area contributed by atoms with Gasteiger partial charge < -0.3 is 10.6 Å². The Bertz CT molecular complexity index is 342. The van der Waals surface area contributed by atoms with Gasteiger partial charge in [0, 0.05) is 24.8 Å². The zero-order valence-electron chi connectivity index (χ0n) is 11.0. The third kappa shape index (κ3) is 3.22. The molecule has 0 saturated carbocycles. The number of nitrogens with two attached hydrogens (primary N) is 1. The smallest absolute Gasteiger partial charge is 0.0366 e. The number of hydrogen-bond donors (Lipinski definition) is 1. The van der Waals surface area contributed by atoms with Gasteiger partial charge >= 0.3 is 0 Å². The third-order valence-electron chi connectivity index (χ3n) is 3.80. The molecule has 1 aromatic carbocycles. The van der Waals surface area contributed by atoms with Crippen LogP contribution < -0.4 is 10.6 Å². The molecular formula is C15H24N2. The molecule has 2 atom stereocenters. The number of hydrogen-bond acceptors (Lipinski definition) is 2. The maximum absolute atomic E-state index is 5.87. The molecule has 0 aliphatic carbocycles. The van der Waals surface area contributed by atoms with Crippen LogP contribution in [0, 0.1) is 5.92 Å². The van der Waals surface area contributed by atoms with E-state index >= 15 is 0 Å². The van der Waals surface area contributed by atoms with Crippen LogP contribution in [-0.4, -0.2) is 13.1 Å². The minimum Gasteiger partial charge on any atom is -0.372 e. The largest absolute Gasteiger partial charge is 0.372 e. The Balaban J connectivity index is 2.06. The summed E-state index contributed by atoms with van der Waals surface area (Å²) in [5, 5.41) is 0. The minimum absolute atomic E-state index is 0.133. The van der Waals surface area contributed by atoms with Gasteiger partial charge in [-0.05, 0) is 49.8 Å². The third-order valence-corrected chi connectivity index (χ3v) is 3.80. The molecule has 1 aromatic rings. The van der Waals surface area contributed by atoms with Gasteiger partial charge in [-0.15, -0.1) is 0 Å². The lowest BCUT2D eigenvalue weighted by Gasteiger charge is -2.23. The van der Waals surface area contributed by atoms with Crippen molar-refractivity contribution in [1.82, 2.24) is 0 Å². The van der Waals surface area contributed by atoms with Gasteiger partial charge in [0.25, 0.3) is 0 Å². The van der Waals surface area contributed by atoms with E-state index in [1.165, 1.54) is 43.6 Å². The topological polar surface area (TPSA) is 29.3 Å². The molecule has 1 heterocycles. The summed E-state index contributed by atoms with van der Waals surface area (Å²) in [5.41, 5.74) is 8.44. The van der Waals surface area contributed by atoms with E-state index < -0.39 is 0 Å². The molecule has 1 saturated heterocycles. The van der Waals surface area contributed by atoms with E-state index in [0.717, 1.165) is 5.92 Å². The Labute approximate surface area is 105 Å². The molecule has 0 amide bonds. The first-order valence-electron chi connectivity index (χ1n) is 6.77. The van der Waals surface area contributed by atoms with Crippen molar-refractivity contribution in [1.29, 1.82) is 0 Å². The first-order valence-corrected chi connectivity index (χ1v) is 6.77. The van der Waals surface area contributed by atoms with Crippen LogP contribution in [-0.2, 0) is 0 Å². The Morgan fingerprint density at radius 3 is 2.53 bits per heavy atom. The SMILES string of the molecule is CC1CCCN(c2ccc([C@@H](C)N)cc2)CC1. The summed E-state index contributed by atoms with van der Waals surface area (Å²) < 4.78 is 0. The second-order valence-corrected chi connectivity index (χ2v) is 5.40. The molecule has 94 valence electrons. The van der Waals surface area contributed by atoms with Crippen LogP contribution in [0.4, 0.5) is 5.69 Å². The molecular weight excluding hydrogens is 208 g/mol. The molecule has 1 aliphatic heterocycles. The molecule has 2 rings (SSSR count). The summed E-state index contributed by atoms with van der Waals surface area (Å²) in [6, 6.07) is 8.89. The lowest BCUT2D eigenvalue weighted by atomic mass is 10.0. The highest BCUT2D eigenvalue weighted by Crippen LogP contribution is 2.23. The fourth-order valence-electron chi connectivity index (χ4n) is 2.51. The summed E-state index contributed by atoms with van der Waals surface area (Å²) >= 11 is 0. The highest BCUT2D eigenvalue weighted by Gasteiger charge is 2.14. The Kier molecular flexibility index (Phi) is 4.06. The second-order valence-electron chi connectivity index (χ2n) is 5.40. The van der Waals surface area contributed by atoms with E-state index in [1.807, 2.05) is 6.92 Å². The van der Waals surface area contributed by atoms with Crippen LogP contribution in [0.1, 0.15) is 44.7 Å². The number of anilines is 1. The van der Waals surface area contributed by atoms with Crippen LogP contribution in [0.3, 0.4) is 0 Å². The van der Waals surface area contributed by atoms with E-state index in [2.05, 4.69) is 36.1 Å². The van der Waals surface area contributed by atoms with E-state index in [-0.39, 0.29) is 6.04 Å². The van der Waals surface area contributed by atoms with Gasteiger partial charge in [0.15, 0.2) is 0 Å². The minimum atomic E-state index is 0.133. The van der Waals surface area contributed by atoms with Crippen molar-refractivity contribution < 1.29 is 0 Å². The van der Waals surface area contributed by atoms with Gasteiger partial charge in [-0.25, -0.2) is 0 Å². The van der Waals surface area contributed by atoms with Crippen LogP contribution in [0.2, 0.25) is 0 Å². The average Bonchev–Trinajstić information content (AvgIpc) is 2.54. The molecule has 1 aliphatic rings. The van der Waals surface area contributed by atoms with Crippen molar-refractivity contribution in [2.24, 2.45) is 11.7 Å². The van der Waals surface area contributed by atoms with Gasteiger partial charge in [-0.1, -0.05) is 19.1 Å². The van der Waals surface area contributed by atoms with Crippen LogP contribution >= 0.6 is 0 Å². The highest BCUT2D eigenvalue weighted by atomic mass is 15.1. The predicted molar refractivity (Wildman–Crippen MR) is 74.3 cm³/mol. The van der Waals surface area contributed by atoms with Crippen molar-refractivity contribution in [2.75, 3.05) is 18.0 Å². The van der Waals surface area contributed by atoms with Gasteiger partial charge in [0.2, 0.25) is 0 Å². The Morgan fingerprint density at radius 2 is 1.88 bits per heavy atom. The molecule has 0 bridgehead atoms.